The third-order valence-corrected chi connectivity index (χ3v) is 4.77. The van der Waals surface area contributed by atoms with E-state index in [1.54, 1.807) is 37.3 Å². The standard InChI is InChI=1S/C16H19NO4S/c1-11-5-6-16(12(2)7-11)22(18,19)17-13-8-14(20-3)10-15(9-13)21-4/h5-10,17H,1-4H3. The minimum atomic E-state index is -3.67. The Bertz CT molecular complexity index is 762. The fourth-order valence-corrected chi connectivity index (χ4v) is 3.45. The van der Waals surface area contributed by atoms with Crippen LogP contribution >= 0.6 is 0 Å². The van der Waals surface area contributed by atoms with Crippen molar-refractivity contribution < 1.29 is 17.9 Å². The maximum Gasteiger partial charge on any atom is 0.262 e. The topological polar surface area (TPSA) is 64.6 Å². The number of benzene rings is 2. The Labute approximate surface area is 130 Å². The van der Waals surface area contributed by atoms with Gasteiger partial charge in [0.15, 0.2) is 0 Å². The number of anilines is 1. The van der Waals surface area contributed by atoms with Crippen molar-refractivity contribution >= 4 is 15.7 Å². The van der Waals surface area contributed by atoms with Gasteiger partial charge in [-0.1, -0.05) is 17.7 Å². The summed E-state index contributed by atoms with van der Waals surface area (Å²) in [5.74, 6) is 1.02. The van der Waals surface area contributed by atoms with Gasteiger partial charge in [0.2, 0.25) is 0 Å². The molecule has 1 N–H and O–H groups in total. The van der Waals surface area contributed by atoms with Crippen LogP contribution in [0.25, 0.3) is 0 Å². The number of hydrogen-bond donors (Lipinski definition) is 1. The maximum atomic E-state index is 12.5. The minimum absolute atomic E-state index is 0.250. The van der Waals surface area contributed by atoms with Crippen molar-refractivity contribution in [1.29, 1.82) is 0 Å². The second-order valence-electron chi connectivity index (χ2n) is 4.98. The van der Waals surface area contributed by atoms with E-state index in [0.717, 1.165) is 5.56 Å². The molecule has 2 aromatic carbocycles. The molecule has 0 saturated carbocycles. The van der Waals surface area contributed by atoms with Gasteiger partial charge >= 0.3 is 0 Å². The molecule has 0 aliphatic carbocycles. The third kappa shape index (κ3) is 3.51. The molecule has 22 heavy (non-hydrogen) atoms. The van der Waals surface area contributed by atoms with Crippen molar-refractivity contribution in [1.82, 2.24) is 0 Å². The first-order valence-corrected chi connectivity index (χ1v) is 8.17. The van der Waals surface area contributed by atoms with Crippen molar-refractivity contribution in [3.63, 3.8) is 0 Å². The first kappa shape index (κ1) is 16.2. The minimum Gasteiger partial charge on any atom is -0.497 e. The second kappa shape index (κ2) is 6.27. The van der Waals surface area contributed by atoms with E-state index in [0.29, 0.717) is 22.7 Å². The van der Waals surface area contributed by atoms with Gasteiger partial charge in [0, 0.05) is 18.2 Å². The number of nitrogens with one attached hydrogen (secondary N) is 1. The van der Waals surface area contributed by atoms with Crippen LogP contribution in [-0.4, -0.2) is 22.6 Å². The van der Waals surface area contributed by atoms with Gasteiger partial charge in [0.1, 0.15) is 11.5 Å². The van der Waals surface area contributed by atoms with Gasteiger partial charge < -0.3 is 9.47 Å². The van der Waals surface area contributed by atoms with E-state index in [1.165, 1.54) is 14.2 Å². The summed E-state index contributed by atoms with van der Waals surface area (Å²) in [7, 11) is -0.650. The summed E-state index contributed by atoms with van der Waals surface area (Å²) >= 11 is 0. The van der Waals surface area contributed by atoms with Gasteiger partial charge in [-0.25, -0.2) is 8.42 Å². The van der Waals surface area contributed by atoms with Crippen molar-refractivity contribution in [2.45, 2.75) is 18.7 Å². The Kier molecular flexibility index (Phi) is 4.61. The predicted octanol–water partition coefficient (Wildman–Crippen LogP) is 3.12. The SMILES string of the molecule is COc1cc(NS(=O)(=O)c2ccc(C)cc2C)cc(OC)c1. The summed E-state index contributed by atoms with van der Waals surface area (Å²) < 4.78 is 37.9. The van der Waals surface area contributed by atoms with E-state index >= 15 is 0 Å². The monoisotopic (exact) mass is 321 g/mol. The summed E-state index contributed by atoms with van der Waals surface area (Å²) in [6.07, 6.45) is 0. The number of hydrogen-bond acceptors (Lipinski definition) is 4. The molecule has 2 rings (SSSR count). The van der Waals surface area contributed by atoms with Gasteiger partial charge in [-0.15, -0.1) is 0 Å². The summed E-state index contributed by atoms with van der Waals surface area (Å²) in [5, 5.41) is 0. The Balaban J connectivity index is 2.40. The van der Waals surface area contributed by atoms with Crippen LogP contribution in [0, 0.1) is 13.8 Å². The van der Waals surface area contributed by atoms with E-state index in [4.69, 9.17) is 9.47 Å². The number of methoxy groups -OCH3 is 2. The van der Waals surface area contributed by atoms with Crippen LogP contribution < -0.4 is 14.2 Å². The molecule has 0 unspecified atom stereocenters. The van der Waals surface area contributed by atoms with E-state index in [1.807, 2.05) is 13.0 Å². The largest absolute Gasteiger partial charge is 0.497 e. The Morgan fingerprint density at radius 2 is 1.50 bits per heavy atom. The highest BCUT2D eigenvalue weighted by Crippen LogP contribution is 2.28. The van der Waals surface area contributed by atoms with Crippen LogP contribution in [0.2, 0.25) is 0 Å². The van der Waals surface area contributed by atoms with Crippen molar-refractivity contribution in [2.75, 3.05) is 18.9 Å². The summed E-state index contributed by atoms with van der Waals surface area (Å²) in [6.45, 7) is 3.69. The normalized spacial score (nSPS) is 11.1. The fraction of sp³-hybridized carbons (Fsp3) is 0.250. The molecule has 0 atom stereocenters. The maximum absolute atomic E-state index is 12.5. The third-order valence-electron chi connectivity index (χ3n) is 3.22. The highest BCUT2D eigenvalue weighted by Gasteiger charge is 2.17. The summed E-state index contributed by atoms with van der Waals surface area (Å²) in [6, 6.07) is 10.1. The number of aryl methyl sites for hydroxylation is 2. The van der Waals surface area contributed by atoms with E-state index in [-0.39, 0.29) is 4.90 Å². The average molecular weight is 321 g/mol. The molecule has 2 aromatic rings. The summed E-state index contributed by atoms with van der Waals surface area (Å²) in [4.78, 5) is 0.250. The molecule has 5 nitrogen and oxygen atoms in total. The predicted molar refractivity (Wildman–Crippen MR) is 86.3 cm³/mol. The van der Waals surface area contributed by atoms with Crippen LogP contribution in [0.4, 0.5) is 5.69 Å². The van der Waals surface area contributed by atoms with E-state index in [9.17, 15) is 8.42 Å². The Hall–Kier alpha value is -2.21. The van der Waals surface area contributed by atoms with Gasteiger partial charge in [0.05, 0.1) is 24.8 Å². The zero-order chi connectivity index (χ0) is 16.3. The molecule has 0 bridgehead atoms. The Morgan fingerprint density at radius 3 is 2.00 bits per heavy atom. The molecular formula is C16H19NO4S. The number of sulfonamides is 1. The van der Waals surface area contributed by atoms with Crippen LogP contribution in [0.15, 0.2) is 41.3 Å². The molecule has 0 aliphatic heterocycles. The van der Waals surface area contributed by atoms with Crippen LogP contribution in [0.1, 0.15) is 11.1 Å². The van der Waals surface area contributed by atoms with E-state index in [2.05, 4.69) is 4.72 Å². The molecule has 0 radical (unpaired) electrons. The molecule has 0 saturated heterocycles. The van der Waals surface area contributed by atoms with Gasteiger partial charge in [-0.05, 0) is 25.5 Å². The van der Waals surface area contributed by atoms with Crippen molar-refractivity contribution in [3.8, 4) is 11.5 Å². The lowest BCUT2D eigenvalue weighted by atomic mass is 10.2. The lowest BCUT2D eigenvalue weighted by Crippen LogP contribution is -2.14. The molecule has 0 amide bonds. The smallest absolute Gasteiger partial charge is 0.262 e. The molecule has 118 valence electrons. The molecular weight excluding hydrogens is 302 g/mol. The quantitative estimate of drug-likeness (QED) is 0.919. The van der Waals surface area contributed by atoms with E-state index < -0.39 is 10.0 Å². The highest BCUT2D eigenvalue weighted by molar-refractivity contribution is 7.92. The highest BCUT2D eigenvalue weighted by atomic mass is 32.2. The van der Waals surface area contributed by atoms with Crippen LogP contribution in [0.3, 0.4) is 0 Å². The first-order valence-electron chi connectivity index (χ1n) is 6.69. The molecule has 0 aliphatic rings. The molecule has 0 heterocycles. The first-order chi connectivity index (χ1) is 10.4. The van der Waals surface area contributed by atoms with Gasteiger partial charge in [0.25, 0.3) is 10.0 Å². The van der Waals surface area contributed by atoms with Crippen molar-refractivity contribution in [3.05, 3.63) is 47.5 Å². The van der Waals surface area contributed by atoms with Crippen LogP contribution in [-0.2, 0) is 10.0 Å². The molecule has 0 aromatic heterocycles. The second-order valence-corrected chi connectivity index (χ2v) is 6.63. The number of rotatable bonds is 5. The van der Waals surface area contributed by atoms with Gasteiger partial charge in [-0.3, -0.25) is 4.72 Å². The number of ether oxygens (including phenoxy) is 2. The van der Waals surface area contributed by atoms with Gasteiger partial charge in [-0.2, -0.15) is 0 Å². The fourth-order valence-electron chi connectivity index (χ4n) is 2.18. The lowest BCUT2D eigenvalue weighted by molar-refractivity contribution is 0.395. The zero-order valence-corrected chi connectivity index (χ0v) is 13.8. The average Bonchev–Trinajstić information content (AvgIpc) is 2.45. The zero-order valence-electron chi connectivity index (χ0n) is 13.0. The molecule has 0 spiro atoms. The molecule has 0 fully saturated rings. The Morgan fingerprint density at radius 1 is 0.909 bits per heavy atom. The lowest BCUT2D eigenvalue weighted by Gasteiger charge is -2.13. The van der Waals surface area contributed by atoms with Crippen LogP contribution in [0.5, 0.6) is 11.5 Å². The van der Waals surface area contributed by atoms with Crippen molar-refractivity contribution in [2.24, 2.45) is 0 Å². The summed E-state index contributed by atoms with van der Waals surface area (Å²) in [5.41, 5.74) is 2.10. The molecule has 6 heteroatoms.